The van der Waals surface area contributed by atoms with Gasteiger partial charge in [0.15, 0.2) is 5.60 Å². The number of carbonyl (C=O) groups is 1. The van der Waals surface area contributed by atoms with Gasteiger partial charge in [-0.15, -0.1) is 11.6 Å². The number of alkyl halides is 1. The minimum atomic E-state index is -0.671. The zero-order chi connectivity index (χ0) is 13.0. The molecule has 1 N–H and O–H groups in total. The van der Waals surface area contributed by atoms with Gasteiger partial charge < -0.3 is 4.74 Å². The number of anilines is 1. The third-order valence-electron chi connectivity index (χ3n) is 3.34. The molecule has 0 aromatic heterocycles. The van der Waals surface area contributed by atoms with Crippen LogP contribution in [0.1, 0.15) is 38.2 Å². The van der Waals surface area contributed by atoms with Crippen molar-refractivity contribution in [3.05, 3.63) is 29.8 Å². The van der Waals surface area contributed by atoms with Gasteiger partial charge in [-0.3, -0.25) is 5.32 Å². The summed E-state index contributed by atoms with van der Waals surface area (Å²) < 4.78 is 5.51. The van der Waals surface area contributed by atoms with E-state index in [9.17, 15) is 4.79 Å². The van der Waals surface area contributed by atoms with Crippen molar-refractivity contribution in [1.29, 1.82) is 0 Å². The van der Waals surface area contributed by atoms with Gasteiger partial charge in [-0.2, -0.15) is 0 Å². The molecule has 98 valence electrons. The molecule has 0 bridgehead atoms. The standard InChI is InChI=1S/C14H18ClNO2/c1-2-3-6-9-14(10-15)11-7-4-5-8-12(11)16-13(17)18-14/h4-5,7-8H,2-3,6,9-10H2,1H3,(H,16,17)/t14-/m1/s1. The zero-order valence-corrected chi connectivity index (χ0v) is 11.3. The van der Waals surface area contributed by atoms with Crippen LogP contribution in [0.3, 0.4) is 0 Å². The maximum Gasteiger partial charge on any atom is 0.412 e. The maximum absolute atomic E-state index is 11.6. The van der Waals surface area contributed by atoms with Crippen LogP contribution < -0.4 is 5.32 Å². The number of amides is 1. The van der Waals surface area contributed by atoms with Crippen molar-refractivity contribution < 1.29 is 9.53 Å². The molecule has 0 aliphatic carbocycles. The summed E-state index contributed by atoms with van der Waals surface area (Å²) in [4.78, 5) is 11.6. The fourth-order valence-electron chi connectivity index (χ4n) is 2.37. The topological polar surface area (TPSA) is 38.3 Å². The van der Waals surface area contributed by atoms with Crippen molar-refractivity contribution in [2.45, 2.75) is 38.2 Å². The van der Waals surface area contributed by atoms with E-state index >= 15 is 0 Å². The van der Waals surface area contributed by atoms with Crippen LogP contribution in [0.25, 0.3) is 0 Å². The van der Waals surface area contributed by atoms with Crippen LogP contribution in [0.2, 0.25) is 0 Å². The molecule has 0 saturated carbocycles. The smallest absolute Gasteiger partial charge is 0.412 e. The molecule has 1 heterocycles. The molecule has 0 saturated heterocycles. The van der Waals surface area contributed by atoms with Crippen molar-refractivity contribution in [3.8, 4) is 0 Å². The van der Waals surface area contributed by atoms with E-state index in [0.29, 0.717) is 5.88 Å². The lowest BCUT2D eigenvalue weighted by Crippen LogP contribution is -2.41. The van der Waals surface area contributed by atoms with Crippen molar-refractivity contribution in [2.24, 2.45) is 0 Å². The minimum Gasteiger partial charge on any atom is -0.436 e. The van der Waals surface area contributed by atoms with Gasteiger partial charge in [0.1, 0.15) is 0 Å². The monoisotopic (exact) mass is 267 g/mol. The summed E-state index contributed by atoms with van der Waals surface area (Å²) in [6.07, 6.45) is 3.61. The largest absolute Gasteiger partial charge is 0.436 e. The highest BCUT2D eigenvalue weighted by Gasteiger charge is 2.40. The minimum absolute atomic E-state index is 0.293. The molecule has 1 aromatic carbocycles. The summed E-state index contributed by atoms with van der Waals surface area (Å²) in [6, 6.07) is 7.70. The number of hydrogen-bond donors (Lipinski definition) is 1. The maximum atomic E-state index is 11.6. The highest BCUT2D eigenvalue weighted by Crippen LogP contribution is 2.40. The Balaban J connectivity index is 2.31. The molecule has 1 aliphatic heterocycles. The van der Waals surface area contributed by atoms with Crippen molar-refractivity contribution in [1.82, 2.24) is 0 Å². The molecular formula is C14H18ClNO2. The van der Waals surface area contributed by atoms with Crippen LogP contribution in [0.4, 0.5) is 10.5 Å². The average molecular weight is 268 g/mol. The summed E-state index contributed by atoms with van der Waals surface area (Å²) in [5, 5.41) is 2.72. The third-order valence-corrected chi connectivity index (χ3v) is 3.77. The predicted octanol–water partition coefficient (Wildman–Crippen LogP) is 4.26. The Morgan fingerprint density at radius 1 is 1.33 bits per heavy atom. The van der Waals surface area contributed by atoms with E-state index < -0.39 is 11.7 Å². The number of ether oxygens (including phenoxy) is 1. The first-order valence-corrected chi connectivity index (χ1v) is 6.91. The second-order valence-corrected chi connectivity index (χ2v) is 4.91. The number of fused-ring (bicyclic) bond motifs is 1. The lowest BCUT2D eigenvalue weighted by Gasteiger charge is -2.37. The van der Waals surface area contributed by atoms with E-state index in [2.05, 4.69) is 12.2 Å². The van der Waals surface area contributed by atoms with Gasteiger partial charge in [-0.05, 0) is 18.9 Å². The first-order valence-electron chi connectivity index (χ1n) is 6.37. The second kappa shape index (κ2) is 5.61. The van der Waals surface area contributed by atoms with E-state index in [1.165, 1.54) is 0 Å². The van der Waals surface area contributed by atoms with Gasteiger partial charge in [0.05, 0.1) is 11.6 Å². The number of rotatable bonds is 5. The summed E-state index contributed by atoms with van der Waals surface area (Å²) in [5.41, 5.74) is 1.12. The average Bonchev–Trinajstić information content (AvgIpc) is 2.38. The molecule has 3 nitrogen and oxygen atoms in total. The SMILES string of the molecule is CCCCC[C@]1(CCl)OC(=O)Nc2ccccc21. The van der Waals surface area contributed by atoms with Crippen LogP contribution >= 0.6 is 11.6 Å². The molecule has 0 radical (unpaired) electrons. The number of unbranched alkanes of at least 4 members (excludes halogenated alkanes) is 2. The number of cyclic esters (lactones) is 1. The quantitative estimate of drug-likeness (QED) is 0.639. The van der Waals surface area contributed by atoms with Crippen molar-refractivity contribution >= 4 is 23.4 Å². The Morgan fingerprint density at radius 3 is 2.83 bits per heavy atom. The molecule has 1 atom stereocenters. The van der Waals surface area contributed by atoms with Crippen molar-refractivity contribution in [2.75, 3.05) is 11.2 Å². The number of nitrogens with one attached hydrogen (secondary N) is 1. The number of halogens is 1. The third kappa shape index (κ3) is 2.46. The summed E-state index contributed by atoms with van der Waals surface area (Å²) in [7, 11) is 0. The Morgan fingerprint density at radius 2 is 2.11 bits per heavy atom. The molecule has 1 amide bonds. The normalized spacial score (nSPS) is 22.0. The van der Waals surface area contributed by atoms with Gasteiger partial charge in [-0.1, -0.05) is 38.0 Å². The lowest BCUT2D eigenvalue weighted by molar-refractivity contribution is 0.0207. The van der Waals surface area contributed by atoms with E-state index in [-0.39, 0.29) is 0 Å². The van der Waals surface area contributed by atoms with Crippen molar-refractivity contribution in [3.63, 3.8) is 0 Å². The first kappa shape index (κ1) is 13.2. The number of benzene rings is 1. The van der Waals surface area contributed by atoms with Crippen LogP contribution in [-0.2, 0) is 10.3 Å². The van der Waals surface area contributed by atoms with Gasteiger partial charge in [0, 0.05) is 5.56 Å². The zero-order valence-electron chi connectivity index (χ0n) is 10.5. The molecule has 2 rings (SSSR count). The molecule has 1 aliphatic rings. The van der Waals surface area contributed by atoms with Gasteiger partial charge >= 0.3 is 6.09 Å². The fraction of sp³-hybridized carbons (Fsp3) is 0.500. The lowest BCUT2D eigenvalue weighted by atomic mass is 9.87. The number of para-hydroxylation sites is 1. The van der Waals surface area contributed by atoms with E-state index in [4.69, 9.17) is 16.3 Å². The van der Waals surface area contributed by atoms with E-state index in [1.807, 2.05) is 24.3 Å². The molecular weight excluding hydrogens is 250 g/mol. The molecule has 1 aromatic rings. The Kier molecular flexibility index (Phi) is 4.12. The summed E-state index contributed by atoms with van der Waals surface area (Å²) in [5.74, 6) is 0.293. The molecule has 0 fully saturated rings. The van der Waals surface area contributed by atoms with Gasteiger partial charge in [0.2, 0.25) is 0 Å². The Labute approximate surface area is 112 Å². The summed E-state index contributed by atoms with van der Waals surface area (Å²) >= 11 is 6.10. The molecule has 0 unspecified atom stereocenters. The number of carbonyl (C=O) groups excluding carboxylic acids is 1. The molecule has 4 heteroatoms. The number of hydrogen-bond acceptors (Lipinski definition) is 2. The van der Waals surface area contributed by atoms with Crippen LogP contribution in [0.15, 0.2) is 24.3 Å². The Hall–Kier alpha value is -1.22. The molecule has 18 heavy (non-hydrogen) atoms. The van der Waals surface area contributed by atoms with Crippen LogP contribution in [-0.4, -0.2) is 12.0 Å². The second-order valence-electron chi connectivity index (χ2n) is 4.65. The predicted molar refractivity (Wildman–Crippen MR) is 73.1 cm³/mol. The Bertz CT molecular complexity index is 436. The fourth-order valence-corrected chi connectivity index (χ4v) is 2.70. The van der Waals surface area contributed by atoms with E-state index in [1.54, 1.807) is 0 Å². The summed E-state index contributed by atoms with van der Waals surface area (Å²) in [6.45, 7) is 2.15. The van der Waals surface area contributed by atoms with E-state index in [0.717, 1.165) is 36.9 Å². The van der Waals surface area contributed by atoms with Crippen LogP contribution in [0.5, 0.6) is 0 Å². The van der Waals surface area contributed by atoms with Crippen LogP contribution in [0, 0.1) is 0 Å². The highest BCUT2D eigenvalue weighted by atomic mass is 35.5. The molecule has 0 spiro atoms. The van der Waals surface area contributed by atoms with Gasteiger partial charge in [0.25, 0.3) is 0 Å². The van der Waals surface area contributed by atoms with Gasteiger partial charge in [-0.25, -0.2) is 4.79 Å². The first-order chi connectivity index (χ1) is 8.72. The highest BCUT2D eigenvalue weighted by molar-refractivity contribution is 6.19.